The molecule has 17 heavy (non-hydrogen) atoms. The van der Waals surface area contributed by atoms with Gasteiger partial charge in [-0.3, -0.25) is 4.90 Å². The minimum absolute atomic E-state index is 0.646. The summed E-state index contributed by atoms with van der Waals surface area (Å²) in [7, 11) is 4.29. The molecule has 0 saturated carbocycles. The molecule has 0 bridgehead atoms. The van der Waals surface area contributed by atoms with Crippen LogP contribution in [0.3, 0.4) is 0 Å². The second-order valence-electron chi connectivity index (χ2n) is 4.43. The molecule has 0 amide bonds. The van der Waals surface area contributed by atoms with E-state index in [1.807, 2.05) is 0 Å². The van der Waals surface area contributed by atoms with Gasteiger partial charge in [0.15, 0.2) is 12.4 Å². The molecular weight excluding hydrogens is 216 g/mol. The van der Waals surface area contributed by atoms with E-state index in [4.69, 9.17) is 9.90 Å². The highest BCUT2D eigenvalue weighted by Gasteiger charge is 2.23. The van der Waals surface area contributed by atoms with Crippen LogP contribution in [0.1, 0.15) is 31.4 Å². The highest BCUT2D eigenvalue weighted by Crippen LogP contribution is 2.28. The zero-order valence-corrected chi connectivity index (χ0v) is 10.7. The Morgan fingerprint density at radius 1 is 1.59 bits per heavy atom. The first kappa shape index (κ1) is 13.6. The summed E-state index contributed by atoms with van der Waals surface area (Å²) in [6.45, 7) is 2.21. The van der Waals surface area contributed by atoms with Crippen molar-refractivity contribution in [2.75, 3.05) is 13.6 Å². The zero-order valence-electron chi connectivity index (χ0n) is 10.7. The van der Waals surface area contributed by atoms with Crippen LogP contribution >= 0.6 is 0 Å². The average molecular weight is 236 g/mol. The Labute approximate surface area is 102 Å². The largest absolute Gasteiger partial charge is 0.550 e. The van der Waals surface area contributed by atoms with Crippen LogP contribution in [0.15, 0.2) is 24.5 Å². The Balaban J connectivity index is 0.000000317. The number of aryl methyl sites for hydroxylation is 1. The normalized spacial score (nSPS) is 19.6. The number of carboxylic acid groups (broad SMARTS) is 1. The molecule has 0 aromatic carbocycles. The van der Waals surface area contributed by atoms with E-state index in [9.17, 15) is 0 Å². The molecule has 2 rings (SSSR count). The van der Waals surface area contributed by atoms with Gasteiger partial charge in [-0.1, -0.05) is 0 Å². The smallest absolute Gasteiger partial charge is 0.173 e. The summed E-state index contributed by atoms with van der Waals surface area (Å²) < 4.78 is 2.13. The van der Waals surface area contributed by atoms with Crippen molar-refractivity contribution in [1.82, 2.24) is 4.90 Å². The van der Waals surface area contributed by atoms with Gasteiger partial charge >= 0.3 is 0 Å². The molecule has 0 radical (unpaired) electrons. The van der Waals surface area contributed by atoms with E-state index in [-0.39, 0.29) is 0 Å². The lowest BCUT2D eigenvalue weighted by Gasteiger charge is -2.17. The van der Waals surface area contributed by atoms with E-state index in [2.05, 4.69) is 48.1 Å². The molecule has 1 aliphatic rings. The van der Waals surface area contributed by atoms with Crippen molar-refractivity contribution >= 4 is 5.97 Å². The Hall–Kier alpha value is -1.42. The van der Waals surface area contributed by atoms with E-state index >= 15 is 0 Å². The number of aromatic nitrogens is 1. The summed E-state index contributed by atoms with van der Waals surface area (Å²) in [4.78, 5) is 11.3. The fourth-order valence-corrected chi connectivity index (χ4v) is 2.14. The average Bonchev–Trinajstić information content (AvgIpc) is 2.63. The van der Waals surface area contributed by atoms with Crippen LogP contribution in [0.5, 0.6) is 0 Å². The Bertz CT molecular complexity index is 375. The molecule has 4 nitrogen and oxygen atoms in total. The van der Waals surface area contributed by atoms with Gasteiger partial charge in [-0.25, -0.2) is 4.57 Å². The fourth-order valence-electron chi connectivity index (χ4n) is 2.14. The van der Waals surface area contributed by atoms with Gasteiger partial charge in [0.05, 0.1) is 0 Å². The second kappa shape index (κ2) is 6.35. The lowest BCUT2D eigenvalue weighted by atomic mass is 10.1. The molecule has 1 aliphatic heterocycles. The monoisotopic (exact) mass is 236 g/mol. The Morgan fingerprint density at radius 3 is 2.71 bits per heavy atom. The number of carbonyl (C=O) groups is 1. The first-order chi connectivity index (χ1) is 8.00. The lowest BCUT2D eigenvalue weighted by molar-refractivity contribution is -0.672. The maximum atomic E-state index is 8.89. The molecule has 0 aliphatic carbocycles. The van der Waals surface area contributed by atoms with Crippen molar-refractivity contribution in [2.24, 2.45) is 7.05 Å². The van der Waals surface area contributed by atoms with Crippen LogP contribution < -0.4 is 9.67 Å². The molecular formula is C13H20N2O2. The number of pyridine rings is 1. The number of hydrogen-bond acceptors (Lipinski definition) is 3. The third-order valence-corrected chi connectivity index (χ3v) is 2.87. The number of likely N-dealkylation sites (tertiary alicyclic amines) is 1. The third-order valence-electron chi connectivity index (χ3n) is 2.87. The number of nitrogens with zero attached hydrogens (tertiary/aromatic N) is 2. The maximum absolute atomic E-state index is 8.89. The van der Waals surface area contributed by atoms with Crippen LogP contribution in [-0.4, -0.2) is 24.5 Å². The minimum atomic E-state index is -1.08. The van der Waals surface area contributed by atoms with Gasteiger partial charge in [-0.15, -0.1) is 0 Å². The van der Waals surface area contributed by atoms with Crippen LogP contribution in [0.4, 0.5) is 0 Å². The van der Waals surface area contributed by atoms with Gasteiger partial charge in [-0.05, 0) is 39.4 Å². The van der Waals surface area contributed by atoms with Gasteiger partial charge in [-0.2, -0.15) is 0 Å². The molecule has 0 unspecified atom stereocenters. The van der Waals surface area contributed by atoms with E-state index in [1.54, 1.807) is 0 Å². The van der Waals surface area contributed by atoms with Crippen molar-refractivity contribution in [1.29, 1.82) is 0 Å². The molecule has 1 fully saturated rings. The third kappa shape index (κ3) is 4.53. The standard InChI is InChI=1S/C11H17N2.C2H4O2/c1-12-7-3-5-10(9-12)11-6-4-8-13(11)2;1-2(3)4/h3,5,7,9,11H,4,6,8H2,1-2H3;1H3,(H,3,4)/q+1;/p-1/t11-;/m0./s1. The van der Waals surface area contributed by atoms with E-state index < -0.39 is 5.97 Å². The van der Waals surface area contributed by atoms with Crippen LogP contribution in [0, 0.1) is 0 Å². The fraction of sp³-hybridized carbons (Fsp3) is 0.538. The summed E-state index contributed by atoms with van der Waals surface area (Å²) in [6, 6.07) is 5.00. The van der Waals surface area contributed by atoms with Crippen molar-refractivity contribution in [3.63, 3.8) is 0 Å². The van der Waals surface area contributed by atoms with Gasteiger partial charge in [0.25, 0.3) is 0 Å². The van der Waals surface area contributed by atoms with Crippen molar-refractivity contribution in [3.8, 4) is 0 Å². The number of rotatable bonds is 1. The highest BCUT2D eigenvalue weighted by atomic mass is 16.4. The van der Waals surface area contributed by atoms with E-state index in [0.717, 1.165) is 6.92 Å². The topological polar surface area (TPSA) is 47.2 Å². The highest BCUT2D eigenvalue weighted by molar-refractivity contribution is 5.60. The quantitative estimate of drug-likeness (QED) is 0.647. The number of aliphatic carboxylic acids is 1. The second-order valence-corrected chi connectivity index (χ2v) is 4.43. The van der Waals surface area contributed by atoms with Crippen molar-refractivity contribution < 1.29 is 14.5 Å². The summed E-state index contributed by atoms with van der Waals surface area (Å²) in [5, 5.41) is 8.89. The summed E-state index contributed by atoms with van der Waals surface area (Å²) in [5.41, 5.74) is 1.45. The van der Waals surface area contributed by atoms with Gasteiger partial charge in [0.1, 0.15) is 7.05 Å². The lowest BCUT2D eigenvalue weighted by Crippen LogP contribution is -2.29. The molecule has 1 aromatic rings. The molecule has 4 heteroatoms. The van der Waals surface area contributed by atoms with E-state index in [1.165, 1.54) is 24.9 Å². The van der Waals surface area contributed by atoms with Crippen LogP contribution in [0.2, 0.25) is 0 Å². The summed E-state index contributed by atoms with van der Waals surface area (Å²) in [5.74, 6) is -1.08. The maximum Gasteiger partial charge on any atom is 0.173 e. The van der Waals surface area contributed by atoms with Gasteiger partial charge < -0.3 is 9.90 Å². The molecule has 1 atom stereocenters. The molecule has 0 spiro atoms. The molecule has 1 aromatic heterocycles. The van der Waals surface area contributed by atoms with Crippen molar-refractivity contribution in [3.05, 3.63) is 30.1 Å². The molecule has 2 heterocycles. The number of carboxylic acids is 1. The summed E-state index contributed by atoms with van der Waals surface area (Å²) in [6.07, 6.45) is 6.95. The molecule has 0 N–H and O–H groups in total. The predicted octanol–water partition coefficient (Wildman–Crippen LogP) is 0.0340. The molecule has 1 saturated heterocycles. The Kier molecular flexibility index (Phi) is 5.10. The number of carbonyl (C=O) groups excluding carboxylic acids is 1. The number of hydrogen-bond donors (Lipinski definition) is 0. The van der Waals surface area contributed by atoms with Gasteiger partial charge in [0.2, 0.25) is 0 Å². The minimum Gasteiger partial charge on any atom is -0.550 e. The zero-order chi connectivity index (χ0) is 12.8. The SMILES string of the molecule is CC(=O)[O-].CN1CCC[C@H]1c1ccc[n+](C)c1. The van der Waals surface area contributed by atoms with E-state index in [0.29, 0.717) is 6.04 Å². The first-order valence-corrected chi connectivity index (χ1v) is 5.83. The van der Waals surface area contributed by atoms with Crippen LogP contribution in [0.25, 0.3) is 0 Å². The Morgan fingerprint density at radius 2 is 2.24 bits per heavy atom. The van der Waals surface area contributed by atoms with Crippen molar-refractivity contribution in [2.45, 2.75) is 25.8 Å². The van der Waals surface area contributed by atoms with Gasteiger partial charge in [0, 0.05) is 23.6 Å². The molecule has 94 valence electrons. The predicted molar refractivity (Wildman–Crippen MR) is 62.9 cm³/mol. The first-order valence-electron chi connectivity index (χ1n) is 5.83. The van der Waals surface area contributed by atoms with Crippen LogP contribution in [-0.2, 0) is 11.8 Å². The summed E-state index contributed by atoms with van der Waals surface area (Å²) >= 11 is 0.